The van der Waals surface area contributed by atoms with Gasteiger partial charge in [-0.1, -0.05) is 24.3 Å². The molecule has 140 valence electrons. The van der Waals surface area contributed by atoms with E-state index in [0.29, 0.717) is 11.4 Å². The molecule has 2 aromatic carbocycles. The number of H-pyrrole nitrogens is 1. The Morgan fingerprint density at radius 2 is 1.70 bits per heavy atom. The minimum Gasteiger partial charge on any atom is -0.335 e. The molecule has 1 N–H and O–H groups in total. The second kappa shape index (κ2) is 7.32. The number of benzene rings is 2. The van der Waals surface area contributed by atoms with Crippen LogP contribution in [0.2, 0.25) is 0 Å². The van der Waals surface area contributed by atoms with Crippen LogP contribution in [0.15, 0.2) is 59.8 Å². The van der Waals surface area contributed by atoms with Crippen molar-refractivity contribution in [3.05, 3.63) is 66.0 Å². The van der Waals surface area contributed by atoms with Crippen LogP contribution >= 0.6 is 0 Å². The van der Waals surface area contributed by atoms with Crippen molar-refractivity contribution in [3.8, 4) is 11.4 Å². The zero-order valence-corrected chi connectivity index (χ0v) is 16.1. The molecule has 1 unspecified atom stereocenters. The van der Waals surface area contributed by atoms with E-state index in [9.17, 15) is 13.2 Å². The third-order valence-electron chi connectivity index (χ3n) is 4.51. The molecule has 1 amide bonds. The molecule has 0 radical (unpaired) electrons. The summed E-state index contributed by atoms with van der Waals surface area (Å²) >= 11 is 0. The van der Waals surface area contributed by atoms with Gasteiger partial charge in [0.2, 0.25) is 0 Å². The first-order chi connectivity index (χ1) is 12.8. The summed E-state index contributed by atoms with van der Waals surface area (Å²) in [7, 11) is -1.52. The number of nitrogens with one attached hydrogen (secondary N) is 1. The van der Waals surface area contributed by atoms with E-state index < -0.39 is 9.84 Å². The second-order valence-electron chi connectivity index (χ2n) is 6.34. The quantitative estimate of drug-likeness (QED) is 0.730. The maximum Gasteiger partial charge on any atom is 0.254 e. The van der Waals surface area contributed by atoms with Gasteiger partial charge in [0.15, 0.2) is 15.7 Å². The number of hydrogen-bond acceptors (Lipinski definition) is 5. The van der Waals surface area contributed by atoms with E-state index in [0.717, 1.165) is 11.1 Å². The van der Waals surface area contributed by atoms with Gasteiger partial charge in [-0.25, -0.2) is 13.4 Å². The lowest BCUT2D eigenvalue weighted by Crippen LogP contribution is -2.29. The number of carbonyl (C=O) groups excluding carboxylic acids is 1. The molecule has 27 heavy (non-hydrogen) atoms. The average molecular weight is 384 g/mol. The summed E-state index contributed by atoms with van der Waals surface area (Å²) in [6.07, 6.45) is 2.60. The molecule has 0 saturated heterocycles. The molecule has 1 atom stereocenters. The van der Waals surface area contributed by atoms with Crippen molar-refractivity contribution >= 4 is 15.7 Å². The van der Waals surface area contributed by atoms with E-state index in [2.05, 4.69) is 15.2 Å². The number of aromatic amines is 1. The first kappa shape index (κ1) is 18.8. The highest BCUT2D eigenvalue weighted by Crippen LogP contribution is 2.23. The molecule has 0 aliphatic rings. The van der Waals surface area contributed by atoms with Gasteiger partial charge < -0.3 is 4.90 Å². The molecule has 3 aromatic rings. The molecule has 0 spiro atoms. The van der Waals surface area contributed by atoms with E-state index in [1.54, 1.807) is 48.3 Å². The molecule has 3 rings (SSSR count). The fraction of sp³-hybridized carbons (Fsp3) is 0.211. The Balaban J connectivity index is 1.76. The number of sulfone groups is 1. The minimum absolute atomic E-state index is 0.126. The van der Waals surface area contributed by atoms with E-state index >= 15 is 0 Å². The van der Waals surface area contributed by atoms with Gasteiger partial charge in [0.25, 0.3) is 5.91 Å². The fourth-order valence-corrected chi connectivity index (χ4v) is 3.34. The van der Waals surface area contributed by atoms with Crippen LogP contribution in [0.1, 0.15) is 28.9 Å². The number of nitrogens with zero attached hydrogens (tertiary/aromatic N) is 3. The van der Waals surface area contributed by atoms with E-state index in [1.807, 2.05) is 19.1 Å². The zero-order chi connectivity index (χ0) is 19.6. The molecular formula is C19H20N4O3S. The molecule has 0 fully saturated rings. The van der Waals surface area contributed by atoms with Crippen LogP contribution in [0.5, 0.6) is 0 Å². The van der Waals surface area contributed by atoms with Gasteiger partial charge in [0.05, 0.1) is 10.9 Å². The smallest absolute Gasteiger partial charge is 0.254 e. The van der Waals surface area contributed by atoms with Crippen molar-refractivity contribution in [3.63, 3.8) is 0 Å². The number of aromatic nitrogens is 3. The lowest BCUT2D eigenvalue weighted by molar-refractivity contribution is 0.0742. The van der Waals surface area contributed by atoms with Gasteiger partial charge in [0.1, 0.15) is 6.33 Å². The van der Waals surface area contributed by atoms with Gasteiger partial charge >= 0.3 is 0 Å². The predicted molar refractivity (Wildman–Crippen MR) is 102 cm³/mol. The number of rotatable bonds is 5. The maximum atomic E-state index is 12.8. The SMILES string of the molecule is CC(c1ccc(S(C)(=O)=O)cc1)N(C)C(=O)c1ccc(-c2ncn[nH]2)cc1. The van der Waals surface area contributed by atoms with Gasteiger partial charge in [-0.3, -0.25) is 9.89 Å². The molecule has 7 nitrogen and oxygen atoms in total. The maximum absolute atomic E-state index is 12.8. The number of carbonyl (C=O) groups is 1. The first-order valence-electron chi connectivity index (χ1n) is 8.30. The first-order valence-corrected chi connectivity index (χ1v) is 10.2. The van der Waals surface area contributed by atoms with Gasteiger partial charge in [-0.05, 0) is 36.8 Å². The predicted octanol–water partition coefficient (Wildman–Crippen LogP) is 2.71. The van der Waals surface area contributed by atoms with E-state index in [4.69, 9.17) is 0 Å². The Morgan fingerprint density at radius 3 is 2.22 bits per heavy atom. The molecule has 0 saturated carbocycles. The van der Waals surface area contributed by atoms with E-state index in [-0.39, 0.29) is 16.8 Å². The standard InChI is InChI=1S/C19H20N4O3S/c1-13(14-8-10-17(11-9-14)27(3,25)26)23(2)19(24)16-6-4-15(5-7-16)18-20-12-21-22-18/h4-13H,1-3H3,(H,20,21,22). The van der Waals surface area contributed by atoms with Gasteiger partial charge in [0, 0.05) is 24.4 Å². The summed E-state index contributed by atoms with van der Waals surface area (Å²) in [5, 5.41) is 6.59. The highest BCUT2D eigenvalue weighted by molar-refractivity contribution is 7.90. The molecule has 0 aliphatic heterocycles. The summed E-state index contributed by atoms with van der Waals surface area (Å²) in [5.41, 5.74) is 2.26. The van der Waals surface area contributed by atoms with Crippen LogP contribution in [0.25, 0.3) is 11.4 Å². The van der Waals surface area contributed by atoms with Crippen LogP contribution in [-0.4, -0.2) is 47.7 Å². The van der Waals surface area contributed by atoms with Crippen LogP contribution in [-0.2, 0) is 9.84 Å². The summed E-state index contributed by atoms with van der Waals surface area (Å²) in [4.78, 5) is 18.7. The molecule has 1 heterocycles. The third-order valence-corrected chi connectivity index (χ3v) is 5.64. The Bertz CT molecular complexity index is 1030. The lowest BCUT2D eigenvalue weighted by Gasteiger charge is -2.25. The van der Waals surface area contributed by atoms with Crippen molar-refractivity contribution in [1.82, 2.24) is 20.1 Å². The van der Waals surface area contributed by atoms with Gasteiger partial charge in [-0.2, -0.15) is 5.10 Å². The Hall–Kier alpha value is -3.00. The van der Waals surface area contributed by atoms with Crippen LogP contribution in [0.3, 0.4) is 0 Å². The highest BCUT2D eigenvalue weighted by atomic mass is 32.2. The Morgan fingerprint density at radius 1 is 1.07 bits per heavy atom. The molecular weight excluding hydrogens is 364 g/mol. The summed E-state index contributed by atoms with van der Waals surface area (Å²) in [6.45, 7) is 1.90. The highest BCUT2D eigenvalue weighted by Gasteiger charge is 2.19. The van der Waals surface area contributed by atoms with Crippen LogP contribution in [0.4, 0.5) is 0 Å². The van der Waals surface area contributed by atoms with Crippen molar-refractivity contribution < 1.29 is 13.2 Å². The molecule has 0 aliphatic carbocycles. The van der Waals surface area contributed by atoms with Crippen molar-refractivity contribution in [2.24, 2.45) is 0 Å². The second-order valence-corrected chi connectivity index (χ2v) is 8.36. The number of amides is 1. The topological polar surface area (TPSA) is 96.0 Å². The van der Waals surface area contributed by atoms with Crippen LogP contribution in [0, 0.1) is 0 Å². The molecule has 8 heteroatoms. The van der Waals surface area contributed by atoms with Crippen molar-refractivity contribution in [2.75, 3.05) is 13.3 Å². The summed E-state index contributed by atoms with van der Waals surface area (Å²) in [5.74, 6) is 0.514. The fourth-order valence-electron chi connectivity index (χ4n) is 2.71. The van der Waals surface area contributed by atoms with Gasteiger partial charge in [-0.15, -0.1) is 0 Å². The third kappa shape index (κ3) is 4.06. The molecule has 1 aromatic heterocycles. The average Bonchev–Trinajstić information content (AvgIpc) is 3.20. The van der Waals surface area contributed by atoms with Crippen LogP contribution < -0.4 is 0 Å². The largest absolute Gasteiger partial charge is 0.335 e. The minimum atomic E-state index is -3.24. The summed E-state index contributed by atoms with van der Waals surface area (Å²) in [6, 6.07) is 13.5. The normalized spacial score (nSPS) is 12.6. The lowest BCUT2D eigenvalue weighted by atomic mass is 10.1. The Kier molecular flexibility index (Phi) is 5.09. The Labute approximate surface area is 158 Å². The summed E-state index contributed by atoms with van der Waals surface area (Å²) < 4.78 is 23.2. The monoisotopic (exact) mass is 384 g/mol. The molecule has 0 bridgehead atoms. The van der Waals surface area contributed by atoms with Crippen molar-refractivity contribution in [2.45, 2.75) is 17.9 Å². The zero-order valence-electron chi connectivity index (χ0n) is 15.2. The van der Waals surface area contributed by atoms with E-state index in [1.165, 1.54) is 12.6 Å². The van der Waals surface area contributed by atoms with Crippen molar-refractivity contribution in [1.29, 1.82) is 0 Å². The number of hydrogen-bond donors (Lipinski definition) is 1.